The Morgan fingerprint density at radius 2 is 1.47 bits per heavy atom. The van der Waals surface area contributed by atoms with Gasteiger partial charge in [0.2, 0.25) is 11.8 Å². The van der Waals surface area contributed by atoms with E-state index in [0.717, 1.165) is 12.8 Å². The Labute approximate surface area is 208 Å². The summed E-state index contributed by atoms with van der Waals surface area (Å²) in [7, 11) is 0. The molecule has 36 heavy (non-hydrogen) atoms. The molecule has 190 valence electrons. The van der Waals surface area contributed by atoms with Crippen LogP contribution in [-0.2, 0) is 19.2 Å². The Kier molecular flexibility index (Phi) is 8.61. The predicted molar refractivity (Wildman–Crippen MR) is 132 cm³/mol. The number of nitrogens with one attached hydrogen (secondary N) is 2. The number of imide groups is 2. The van der Waals surface area contributed by atoms with E-state index in [2.05, 4.69) is 10.6 Å². The number of benzene rings is 2. The zero-order valence-electron chi connectivity index (χ0n) is 20.3. The smallest absolute Gasteiger partial charge is 0.339 e. The van der Waals surface area contributed by atoms with Crippen molar-refractivity contribution >= 4 is 46.7 Å². The van der Waals surface area contributed by atoms with Crippen LogP contribution in [0.1, 0.15) is 33.6 Å². The Morgan fingerprint density at radius 3 is 2.11 bits per heavy atom. The summed E-state index contributed by atoms with van der Waals surface area (Å²) < 4.78 is 11.4. The normalized spacial score (nSPS) is 13.1. The van der Waals surface area contributed by atoms with E-state index in [0.29, 0.717) is 45.9 Å². The van der Waals surface area contributed by atoms with Crippen LogP contribution in [0.15, 0.2) is 42.5 Å². The van der Waals surface area contributed by atoms with Gasteiger partial charge in [0, 0.05) is 24.4 Å². The number of anilines is 3. The van der Waals surface area contributed by atoms with Crippen molar-refractivity contribution in [1.82, 2.24) is 4.90 Å². The first-order valence-electron chi connectivity index (χ1n) is 11.5. The molecule has 2 aromatic carbocycles. The first kappa shape index (κ1) is 26.2. The molecule has 1 saturated heterocycles. The molecule has 0 unspecified atom stereocenters. The van der Waals surface area contributed by atoms with Crippen molar-refractivity contribution in [2.75, 3.05) is 35.3 Å². The minimum absolute atomic E-state index is 0.124. The molecule has 0 bridgehead atoms. The molecule has 0 saturated carbocycles. The van der Waals surface area contributed by atoms with Gasteiger partial charge in [-0.2, -0.15) is 0 Å². The number of amides is 6. The first-order chi connectivity index (χ1) is 17.2. The van der Waals surface area contributed by atoms with Crippen LogP contribution in [0, 0.1) is 0 Å². The number of hydrogen-bond acceptors (Lipinski definition) is 7. The van der Waals surface area contributed by atoms with Crippen molar-refractivity contribution in [2.45, 2.75) is 33.6 Å². The van der Waals surface area contributed by atoms with E-state index < -0.39 is 30.3 Å². The molecule has 0 aliphatic carbocycles. The van der Waals surface area contributed by atoms with Gasteiger partial charge in [0.05, 0.1) is 18.9 Å². The largest absolute Gasteiger partial charge is 0.490 e. The average molecular weight is 497 g/mol. The standard InChI is InChI=1S/C25H28N4O7/c1-4-11-35-20-10-9-19(14-21(20)36-12-5-2)29-24(33)23(32)28(25(29)34)15-22(31)27-18-8-6-7-17(13-18)26-16(3)30/h6-10,13-14H,4-5,11-12,15H2,1-3H3,(H,26,30)(H,27,31). The quantitative estimate of drug-likeness (QED) is 0.360. The molecule has 6 amide bonds. The Bertz CT molecular complexity index is 1180. The third-order valence-electron chi connectivity index (χ3n) is 4.93. The summed E-state index contributed by atoms with van der Waals surface area (Å²) in [6.45, 7) is 5.42. The summed E-state index contributed by atoms with van der Waals surface area (Å²) in [4.78, 5) is 63.3. The number of carbonyl (C=O) groups excluding carboxylic acids is 5. The molecular weight excluding hydrogens is 468 g/mol. The molecule has 11 nitrogen and oxygen atoms in total. The summed E-state index contributed by atoms with van der Waals surface area (Å²) >= 11 is 0. The fraction of sp³-hybridized carbons (Fsp3) is 0.320. The lowest BCUT2D eigenvalue weighted by molar-refractivity contribution is -0.140. The van der Waals surface area contributed by atoms with Gasteiger partial charge in [-0.1, -0.05) is 19.9 Å². The summed E-state index contributed by atoms with van der Waals surface area (Å²) in [5, 5.41) is 5.14. The van der Waals surface area contributed by atoms with Crippen molar-refractivity contribution < 1.29 is 33.4 Å². The van der Waals surface area contributed by atoms with Crippen LogP contribution in [0.2, 0.25) is 0 Å². The third-order valence-corrected chi connectivity index (χ3v) is 4.93. The Morgan fingerprint density at radius 1 is 0.833 bits per heavy atom. The van der Waals surface area contributed by atoms with E-state index in [1.54, 1.807) is 24.3 Å². The molecule has 0 atom stereocenters. The third kappa shape index (κ3) is 6.17. The predicted octanol–water partition coefficient (Wildman–Crippen LogP) is 3.16. The average Bonchev–Trinajstić information content (AvgIpc) is 3.04. The second kappa shape index (κ2) is 11.8. The molecule has 1 aliphatic rings. The van der Waals surface area contributed by atoms with Crippen LogP contribution in [-0.4, -0.2) is 54.3 Å². The second-order valence-corrected chi connectivity index (χ2v) is 7.95. The molecule has 0 spiro atoms. The molecular formula is C25H28N4O7. The van der Waals surface area contributed by atoms with Gasteiger partial charge in [-0.3, -0.25) is 19.2 Å². The van der Waals surface area contributed by atoms with Gasteiger partial charge in [-0.05, 0) is 43.2 Å². The monoisotopic (exact) mass is 496 g/mol. The fourth-order valence-electron chi connectivity index (χ4n) is 3.39. The molecule has 11 heteroatoms. The van der Waals surface area contributed by atoms with Crippen LogP contribution in [0.25, 0.3) is 0 Å². The Balaban J connectivity index is 1.75. The highest BCUT2D eigenvalue weighted by Crippen LogP contribution is 2.34. The molecule has 1 heterocycles. The summed E-state index contributed by atoms with van der Waals surface area (Å²) in [5.41, 5.74) is 0.926. The Hall–Kier alpha value is -4.41. The van der Waals surface area contributed by atoms with Gasteiger partial charge in [-0.15, -0.1) is 0 Å². The second-order valence-electron chi connectivity index (χ2n) is 7.95. The van der Waals surface area contributed by atoms with E-state index in [1.165, 1.54) is 25.1 Å². The highest BCUT2D eigenvalue weighted by atomic mass is 16.5. The molecule has 2 N–H and O–H groups in total. The van der Waals surface area contributed by atoms with Gasteiger partial charge in [-0.25, -0.2) is 14.6 Å². The van der Waals surface area contributed by atoms with Gasteiger partial charge < -0.3 is 20.1 Å². The molecule has 2 aromatic rings. The highest BCUT2D eigenvalue weighted by molar-refractivity contribution is 6.53. The number of ether oxygens (including phenoxy) is 2. The van der Waals surface area contributed by atoms with Crippen LogP contribution in [0.5, 0.6) is 11.5 Å². The highest BCUT2D eigenvalue weighted by Gasteiger charge is 2.46. The van der Waals surface area contributed by atoms with Crippen molar-refractivity contribution in [1.29, 1.82) is 0 Å². The summed E-state index contributed by atoms with van der Waals surface area (Å²) in [6.07, 6.45) is 1.51. The number of hydrogen-bond donors (Lipinski definition) is 2. The molecule has 1 fully saturated rings. The van der Waals surface area contributed by atoms with Gasteiger partial charge >= 0.3 is 17.8 Å². The lowest BCUT2D eigenvalue weighted by Gasteiger charge is -2.18. The maximum absolute atomic E-state index is 13.0. The lowest BCUT2D eigenvalue weighted by atomic mass is 10.2. The van der Waals surface area contributed by atoms with Crippen molar-refractivity contribution in [3.8, 4) is 11.5 Å². The van der Waals surface area contributed by atoms with Crippen molar-refractivity contribution in [2.24, 2.45) is 0 Å². The minimum Gasteiger partial charge on any atom is -0.490 e. The maximum atomic E-state index is 13.0. The van der Waals surface area contributed by atoms with E-state index in [1.807, 2.05) is 13.8 Å². The molecule has 1 aliphatic heterocycles. The molecule has 0 aromatic heterocycles. The molecule has 0 radical (unpaired) electrons. The summed E-state index contributed by atoms with van der Waals surface area (Å²) in [5.74, 6) is -2.38. The SMILES string of the molecule is CCCOc1ccc(N2C(=O)C(=O)N(CC(=O)Nc3cccc(NC(C)=O)c3)C2=O)cc1OCCC. The fourth-order valence-corrected chi connectivity index (χ4v) is 3.39. The number of carbonyl (C=O) groups is 5. The van der Waals surface area contributed by atoms with E-state index in [-0.39, 0.29) is 11.6 Å². The van der Waals surface area contributed by atoms with Gasteiger partial charge in [0.15, 0.2) is 11.5 Å². The van der Waals surface area contributed by atoms with Crippen LogP contribution < -0.4 is 25.0 Å². The topological polar surface area (TPSA) is 134 Å². The zero-order valence-corrected chi connectivity index (χ0v) is 20.3. The molecule has 3 rings (SSSR count). The first-order valence-corrected chi connectivity index (χ1v) is 11.5. The number of nitrogens with zero attached hydrogens (tertiary/aromatic N) is 2. The van der Waals surface area contributed by atoms with Crippen molar-refractivity contribution in [3.63, 3.8) is 0 Å². The van der Waals surface area contributed by atoms with Crippen molar-refractivity contribution in [3.05, 3.63) is 42.5 Å². The maximum Gasteiger partial charge on any atom is 0.339 e. The van der Waals surface area contributed by atoms with Crippen LogP contribution in [0.3, 0.4) is 0 Å². The number of rotatable bonds is 11. The number of urea groups is 1. The zero-order chi connectivity index (χ0) is 26.2. The lowest BCUT2D eigenvalue weighted by Crippen LogP contribution is -2.39. The summed E-state index contributed by atoms with van der Waals surface area (Å²) in [6, 6.07) is 9.90. The van der Waals surface area contributed by atoms with Gasteiger partial charge in [0.25, 0.3) is 0 Å². The van der Waals surface area contributed by atoms with E-state index in [4.69, 9.17) is 9.47 Å². The van der Waals surface area contributed by atoms with E-state index in [9.17, 15) is 24.0 Å². The van der Waals surface area contributed by atoms with Crippen LogP contribution in [0.4, 0.5) is 21.9 Å². The van der Waals surface area contributed by atoms with Crippen LogP contribution >= 0.6 is 0 Å². The minimum atomic E-state index is -1.12. The van der Waals surface area contributed by atoms with Gasteiger partial charge in [0.1, 0.15) is 6.54 Å². The van der Waals surface area contributed by atoms with E-state index >= 15 is 0 Å².